The van der Waals surface area contributed by atoms with Crippen molar-refractivity contribution in [2.75, 3.05) is 0 Å². The van der Waals surface area contributed by atoms with Crippen molar-refractivity contribution in [1.29, 1.82) is 0 Å². The highest BCUT2D eigenvalue weighted by atomic mass is 14.9. The van der Waals surface area contributed by atoms with Gasteiger partial charge in [-0.2, -0.15) is 0 Å². The van der Waals surface area contributed by atoms with Crippen molar-refractivity contribution in [1.82, 2.24) is 4.98 Å². The van der Waals surface area contributed by atoms with E-state index in [0.29, 0.717) is 0 Å². The lowest BCUT2D eigenvalue weighted by molar-refractivity contribution is 0.997. The van der Waals surface area contributed by atoms with Crippen molar-refractivity contribution in [3.05, 3.63) is 65.3 Å². The maximum atomic E-state index is 4.64. The van der Waals surface area contributed by atoms with Crippen molar-refractivity contribution in [2.45, 2.75) is 6.04 Å². The standard InChI is InChI=1S/C15H10N2/c1-3-7-13-10(5-1)9-12-11-6-2-4-8-14(11)17-15(12)16-13/h1-9,14H/t14-/m1/s1. The molecule has 0 unspecified atom stereocenters. The Morgan fingerprint density at radius 1 is 1.06 bits per heavy atom. The van der Waals surface area contributed by atoms with E-state index < -0.39 is 0 Å². The zero-order valence-corrected chi connectivity index (χ0v) is 9.17. The van der Waals surface area contributed by atoms with Gasteiger partial charge in [0.2, 0.25) is 0 Å². The SMILES string of the molecule is C1=CC2=c3cc4ccccc4nc3=N[C@@H]2C=C1. The van der Waals surface area contributed by atoms with E-state index >= 15 is 0 Å². The molecule has 0 spiro atoms. The van der Waals surface area contributed by atoms with E-state index in [1.165, 1.54) is 16.2 Å². The normalized spacial score (nSPS) is 20.2. The lowest BCUT2D eigenvalue weighted by Crippen LogP contribution is -2.26. The van der Waals surface area contributed by atoms with Gasteiger partial charge in [0, 0.05) is 10.6 Å². The van der Waals surface area contributed by atoms with Gasteiger partial charge in [0.05, 0.1) is 11.6 Å². The van der Waals surface area contributed by atoms with Crippen LogP contribution in [0.1, 0.15) is 0 Å². The van der Waals surface area contributed by atoms with Gasteiger partial charge in [-0.05, 0) is 17.7 Å². The molecule has 17 heavy (non-hydrogen) atoms. The summed E-state index contributed by atoms with van der Waals surface area (Å²) < 4.78 is 0. The monoisotopic (exact) mass is 218 g/mol. The minimum Gasteiger partial charge on any atom is -0.254 e. The van der Waals surface area contributed by atoms with Crippen LogP contribution in [0.5, 0.6) is 0 Å². The summed E-state index contributed by atoms with van der Waals surface area (Å²) >= 11 is 0. The Bertz CT molecular complexity index is 797. The second-order valence-corrected chi connectivity index (χ2v) is 4.33. The quantitative estimate of drug-likeness (QED) is 0.658. The number of hydrogen-bond acceptors (Lipinski definition) is 2. The van der Waals surface area contributed by atoms with E-state index in [0.717, 1.165) is 11.0 Å². The number of nitrogens with zero attached hydrogens (tertiary/aromatic N) is 2. The van der Waals surface area contributed by atoms with Crippen molar-refractivity contribution in [3.8, 4) is 0 Å². The summed E-state index contributed by atoms with van der Waals surface area (Å²) in [5, 5.41) is 2.35. The predicted molar refractivity (Wildman–Crippen MR) is 68.0 cm³/mol. The van der Waals surface area contributed by atoms with Crippen LogP contribution in [0.3, 0.4) is 0 Å². The van der Waals surface area contributed by atoms with Gasteiger partial charge in [0.1, 0.15) is 0 Å². The molecule has 0 radical (unpaired) electrons. The molecule has 4 rings (SSSR count). The zero-order valence-electron chi connectivity index (χ0n) is 9.17. The second kappa shape index (κ2) is 3.14. The van der Waals surface area contributed by atoms with Crippen LogP contribution < -0.4 is 10.7 Å². The number of rotatable bonds is 0. The summed E-state index contributed by atoms with van der Waals surface area (Å²) in [6, 6.07) is 10.5. The predicted octanol–water partition coefficient (Wildman–Crippen LogP) is 1.51. The molecule has 2 heteroatoms. The van der Waals surface area contributed by atoms with Gasteiger partial charge in [0.15, 0.2) is 5.49 Å². The third-order valence-electron chi connectivity index (χ3n) is 3.28. The van der Waals surface area contributed by atoms with E-state index in [9.17, 15) is 0 Å². The van der Waals surface area contributed by atoms with E-state index in [1.54, 1.807) is 0 Å². The molecular weight excluding hydrogens is 208 g/mol. The molecular formula is C15H10N2. The van der Waals surface area contributed by atoms with E-state index in [4.69, 9.17) is 0 Å². The van der Waals surface area contributed by atoms with Gasteiger partial charge in [-0.3, -0.25) is 4.99 Å². The number of fused-ring (bicyclic) bond motifs is 3. The minimum atomic E-state index is 0.166. The molecule has 2 aliphatic rings. The third kappa shape index (κ3) is 1.21. The zero-order chi connectivity index (χ0) is 11.2. The van der Waals surface area contributed by atoms with Gasteiger partial charge in [-0.1, -0.05) is 42.5 Å². The van der Waals surface area contributed by atoms with E-state index in [2.05, 4.69) is 40.3 Å². The van der Waals surface area contributed by atoms with Crippen molar-refractivity contribution >= 4 is 16.5 Å². The Labute approximate surface area is 98.3 Å². The Balaban J connectivity index is 2.19. The molecule has 1 atom stereocenters. The second-order valence-electron chi connectivity index (χ2n) is 4.33. The summed E-state index contributed by atoms with van der Waals surface area (Å²) in [6.45, 7) is 0. The fourth-order valence-corrected chi connectivity index (χ4v) is 2.44. The van der Waals surface area contributed by atoms with Crippen LogP contribution >= 0.6 is 0 Å². The molecule has 0 bridgehead atoms. The van der Waals surface area contributed by atoms with Crippen LogP contribution in [0.2, 0.25) is 0 Å². The largest absolute Gasteiger partial charge is 0.254 e. The third-order valence-corrected chi connectivity index (χ3v) is 3.28. The van der Waals surface area contributed by atoms with Crippen LogP contribution in [-0.2, 0) is 0 Å². The first-order valence-corrected chi connectivity index (χ1v) is 5.74. The number of aromatic nitrogens is 1. The molecule has 0 saturated carbocycles. The minimum absolute atomic E-state index is 0.166. The molecule has 1 aromatic heterocycles. The summed E-state index contributed by atoms with van der Waals surface area (Å²) in [7, 11) is 0. The molecule has 0 saturated heterocycles. The highest BCUT2D eigenvalue weighted by Gasteiger charge is 2.17. The molecule has 1 aliphatic carbocycles. The summed E-state index contributed by atoms with van der Waals surface area (Å²) in [6.07, 6.45) is 8.35. The van der Waals surface area contributed by atoms with Crippen molar-refractivity contribution < 1.29 is 0 Å². The lowest BCUT2D eigenvalue weighted by atomic mass is 10.0. The maximum absolute atomic E-state index is 4.64. The average molecular weight is 218 g/mol. The highest BCUT2D eigenvalue weighted by molar-refractivity contribution is 5.80. The molecule has 1 aliphatic heterocycles. The summed E-state index contributed by atoms with van der Waals surface area (Å²) in [5.41, 5.74) is 3.16. The molecule has 0 amide bonds. The molecule has 2 aromatic rings. The van der Waals surface area contributed by atoms with Crippen molar-refractivity contribution in [3.63, 3.8) is 0 Å². The average Bonchev–Trinajstić information content (AvgIpc) is 2.73. The van der Waals surface area contributed by atoms with Gasteiger partial charge in [-0.25, -0.2) is 4.98 Å². The lowest BCUT2D eigenvalue weighted by Gasteiger charge is -2.06. The molecule has 2 heterocycles. The number of benzene rings is 1. The topological polar surface area (TPSA) is 25.2 Å². The van der Waals surface area contributed by atoms with Crippen LogP contribution in [0.4, 0.5) is 0 Å². The van der Waals surface area contributed by atoms with E-state index in [-0.39, 0.29) is 6.04 Å². The van der Waals surface area contributed by atoms with Crippen LogP contribution in [0, 0.1) is 0 Å². The number of allylic oxidation sites excluding steroid dienone is 2. The first-order valence-electron chi connectivity index (χ1n) is 5.74. The van der Waals surface area contributed by atoms with Gasteiger partial charge in [-0.15, -0.1) is 0 Å². The Morgan fingerprint density at radius 2 is 2.00 bits per heavy atom. The van der Waals surface area contributed by atoms with Crippen LogP contribution in [0.25, 0.3) is 16.5 Å². The van der Waals surface area contributed by atoms with Crippen molar-refractivity contribution in [2.24, 2.45) is 4.99 Å². The molecule has 80 valence electrons. The number of hydrogen-bond donors (Lipinski definition) is 0. The molecule has 2 nitrogen and oxygen atoms in total. The van der Waals surface area contributed by atoms with E-state index in [1.807, 2.05) is 24.3 Å². The number of pyridine rings is 1. The first kappa shape index (κ1) is 8.88. The Kier molecular flexibility index (Phi) is 1.64. The highest BCUT2D eigenvalue weighted by Crippen LogP contribution is 2.17. The van der Waals surface area contributed by atoms with Crippen LogP contribution in [0.15, 0.2) is 59.6 Å². The fraction of sp³-hybridized carbons (Fsp3) is 0.0667. The fourth-order valence-electron chi connectivity index (χ4n) is 2.44. The Morgan fingerprint density at radius 3 is 3.00 bits per heavy atom. The molecule has 0 fully saturated rings. The van der Waals surface area contributed by atoms with Gasteiger partial charge < -0.3 is 0 Å². The summed E-state index contributed by atoms with van der Waals surface area (Å²) in [4.78, 5) is 9.26. The molecule has 0 N–H and O–H groups in total. The molecule has 1 aromatic carbocycles. The Hall–Kier alpha value is -2.22. The number of para-hydroxylation sites is 1. The summed E-state index contributed by atoms with van der Waals surface area (Å²) in [5.74, 6) is 0. The first-order chi connectivity index (χ1) is 8.42. The van der Waals surface area contributed by atoms with Gasteiger partial charge >= 0.3 is 0 Å². The maximum Gasteiger partial charge on any atom is 0.156 e. The van der Waals surface area contributed by atoms with Gasteiger partial charge in [0.25, 0.3) is 0 Å². The van der Waals surface area contributed by atoms with Crippen LogP contribution in [-0.4, -0.2) is 11.0 Å². The smallest absolute Gasteiger partial charge is 0.156 e.